The van der Waals surface area contributed by atoms with Crippen LogP contribution in [0.3, 0.4) is 0 Å². The molecule has 0 unspecified atom stereocenters. The molecule has 4 heteroatoms. The van der Waals surface area contributed by atoms with Crippen LogP contribution in [0.15, 0.2) is 48.5 Å². The van der Waals surface area contributed by atoms with E-state index >= 15 is 0 Å². The lowest BCUT2D eigenvalue weighted by molar-refractivity contribution is 0.415. The number of unbranched alkanes of at least 4 members (excludes halogenated alkanes) is 7. The molecule has 0 amide bonds. The molecular weight excluding hydrogens is 367 g/mol. The summed E-state index contributed by atoms with van der Waals surface area (Å²) in [6.45, 7) is 2.25. The van der Waals surface area contributed by atoms with Crippen LogP contribution in [0.4, 0.5) is 0 Å². The van der Waals surface area contributed by atoms with Crippen molar-refractivity contribution in [1.29, 1.82) is 0 Å². The molecule has 0 bridgehead atoms. The second-order valence-corrected chi connectivity index (χ2v) is 10.3. The molecule has 0 spiro atoms. The summed E-state index contributed by atoms with van der Waals surface area (Å²) in [7, 11) is 0.641. The minimum atomic E-state index is -2.66. The fourth-order valence-electron chi connectivity index (χ4n) is 3.52. The van der Waals surface area contributed by atoms with Crippen LogP contribution in [0.25, 0.3) is 0 Å². The number of ether oxygens (including phenoxy) is 2. The van der Waals surface area contributed by atoms with Crippen LogP contribution in [0.2, 0.25) is 0 Å². The fourth-order valence-corrected chi connectivity index (χ4v) is 6.27. The van der Waals surface area contributed by atoms with Crippen molar-refractivity contribution in [3.8, 4) is 11.5 Å². The molecule has 0 radical (unpaired) electrons. The third kappa shape index (κ3) is 6.41. The van der Waals surface area contributed by atoms with Crippen LogP contribution in [-0.2, 0) is 4.57 Å². The first kappa shape index (κ1) is 22.6. The van der Waals surface area contributed by atoms with E-state index in [1.165, 1.54) is 38.5 Å². The quantitative estimate of drug-likeness (QED) is 0.297. The van der Waals surface area contributed by atoms with Crippen LogP contribution in [-0.4, -0.2) is 20.4 Å². The molecule has 0 saturated carbocycles. The highest BCUT2D eigenvalue weighted by atomic mass is 31.2. The van der Waals surface area contributed by atoms with Gasteiger partial charge in [0, 0.05) is 16.8 Å². The van der Waals surface area contributed by atoms with Crippen molar-refractivity contribution >= 4 is 17.8 Å². The standard InChI is InChI=1S/C24H35O3P/c1-4-5-6-7-8-9-10-11-20-28(25,23-16-12-21(26-2)13-17-23)24-18-14-22(27-3)15-19-24/h12-19H,4-11,20H2,1-3H3. The topological polar surface area (TPSA) is 35.5 Å². The Balaban J connectivity index is 2.06. The third-order valence-electron chi connectivity index (χ3n) is 5.31. The summed E-state index contributed by atoms with van der Waals surface area (Å²) in [4.78, 5) is 0. The Kier molecular flexibility index (Phi) is 9.64. The molecule has 0 heterocycles. The first-order valence-electron chi connectivity index (χ1n) is 10.5. The maximum absolute atomic E-state index is 14.1. The van der Waals surface area contributed by atoms with E-state index in [9.17, 15) is 4.57 Å². The zero-order chi connectivity index (χ0) is 20.2. The minimum Gasteiger partial charge on any atom is -0.497 e. The zero-order valence-electron chi connectivity index (χ0n) is 17.7. The molecule has 0 atom stereocenters. The number of hydrogen-bond acceptors (Lipinski definition) is 3. The van der Waals surface area contributed by atoms with Gasteiger partial charge in [0.15, 0.2) is 0 Å². The van der Waals surface area contributed by atoms with Crippen molar-refractivity contribution in [3.63, 3.8) is 0 Å². The average molecular weight is 403 g/mol. The van der Waals surface area contributed by atoms with Gasteiger partial charge in [-0.1, -0.05) is 51.9 Å². The van der Waals surface area contributed by atoms with Crippen LogP contribution in [0, 0.1) is 0 Å². The van der Waals surface area contributed by atoms with E-state index in [0.29, 0.717) is 6.16 Å². The van der Waals surface area contributed by atoms with E-state index in [0.717, 1.165) is 34.9 Å². The molecule has 2 aromatic rings. The van der Waals surface area contributed by atoms with Gasteiger partial charge in [-0.2, -0.15) is 0 Å². The number of hydrogen-bond donors (Lipinski definition) is 0. The third-order valence-corrected chi connectivity index (χ3v) is 8.52. The van der Waals surface area contributed by atoms with Gasteiger partial charge in [-0.15, -0.1) is 0 Å². The van der Waals surface area contributed by atoms with Gasteiger partial charge in [-0.05, 0) is 55.0 Å². The van der Waals surface area contributed by atoms with Gasteiger partial charge in [-0.25, -0.2) is 0 Å². The van der Waals surface area contributed by atoms with Gasteiger partial charge in [0.25, 0.3) is 0 Å². The molecule has 154 valence electrons. The Bertz CT molecular complexity index is 671. The molecule has 28 heavy (non-hydrogen) atoms. The summed E-state index contributed by atoms with van der Waals surface area (Å²) in [5.41, 5.74) is 0. The van der Waals surface area contributed by atoms with Crippen LogP contribution < -0.4 is 20.1 Å². The number of methoxy groups -OCH3 is 2. The van der Waals surface area contributed by atoms with Gasteiger partial charge >= 0.3 is 0 Å². The van der Waals surface area contributed by atoms with Gasteiger partial charge in [0.05, 0.1) is 14.2 Å². The van der Waals surface area contributed by atoms with Crippen LogP contribution in [0.1, 0.15) is 58.3 Å². The molecule has 0 aliphatic heterocycles. The highest BCUT2D eigenvalue weighted by Crippen LogP contribution is 2.45. The number of rotatable bonds is 13. The van der Waals surface area contributed by atoms with Crippen molar-refractivity contribution in [2.24, 2.45) is 0 Å². The summed E-state index contributed by atoms with van der Waals surface area (Å²) in [5, 5.41) is 1.81. The van der Waals surface area contributed by atoms with Gasteiger partial charge in [0.1, 0.15) is 18.6 Å². The Morgan fingerprint density at radius 2 is 1.04 bits per heavy atom. The summed E-state index contributed by atoms with van der Waals surface area (Å²) in [6, 6.07) is 15.4. The van der Waals surface area contributed by atoms with Crippen LogP contribution >= 0.6 is 7.14 Å². The lowest BCUT2D eigenvalue weighted by Crippen LogP contribution is -2.18. The fraction of sp³-hybridized carbons (Fsp3) is 0.500. The Morgan fingerprint density at radius 1 is 0.643 bits per heavy atom. The molecule has 0 N–H and O–H groups in total. The SMILES string of the molecule is CCCCCCCCCCP(=O)(c1ccc(OC)cc1)c1ccc(OC)cc1. The van der Waals surface area contributed by atoms with E-state index in [1.807, 2.05) is 48.5 Å². The molecule has 2 rings (SSSR count). The minimum absolute atomic E-state index is 0.709. The van der Waals surface area contributed by atoms with Crippen molar-refractivity contribution < 1.29 is 14.0 Å². The monoisotopic (exact) mass is 402 g/mol. The molecule has 0 aliphatic carbocycles. The Labute approximate surface area is 170 Å². The first-order valence-corrected chi connectivity index (χ1v) is 12.4. The molecule has 3 nitrogen and oxygen atoms in total. The second kappa shape index (κ2) is 12.0. The summed E-state index contributed by atoms with van der Waals surface area (Å²) in [6.07, 6.45) is 10.6. The summed E-state index contributed by atoms with van der Waals surface area (Å²) in [5.74, 6) is 1.58. The van der Waals surface area contributed by atoms with Gasteiger partial charge in [0.2, 0.25) is 0 Å². The van der Waals surface area contributed by atoms with Crippen molar-refractivity contribution in [1.82, 2.24) is 0 Å². The van der Waals surface area contributed by atoms with Crippen molar-refractivity contribution in [2.45, 2.75) is 58.3 Å². The predicted molar refractivity (Wildman–Crippen MR) is 120 cm³/mol. The molecule has 0 aliphatic rings. The van der Waals surface area contributed by atoms with E-state index < -0.39 is 7.14 Å². The second-order valence-electron chi connectivity index (χ2n) is 7.33. The van der Waals surface area contributed by atoms with Crippen LogP contribution in [0.5, 0.6) is 11.5 Å². The molecule has 0 aromatic heterocycles. The van der Waals surface area contributed by atoms with E-state index in [4.69, 9.17) is 9.47 Å². The van der Waals surface area contributed by atoms with Gasteiger partial charge < -0.3 is 14.0 Å². The highest BCUT2D eigenvalue weighted by Gasteiger charge is 2.26. The first-order chi connectivity index (χ1) is 13.6. The van der Waals surface area contributed by atoms with E-state index in [2.05, 4.69) is 6.92 Å². The van der Waals surface area contributed by atoms with E-state index in [1.54, 1.807) is 14.2 Å². The lowest BCUT2D eigenvalue weighted by atomic mass is 10.1. The van der Waals surface area contributed by atoms with E-state index in [-0.39, 0.29) is 0 Å². The predicted octanol–water partition coefficient (Wildman–Crippen LogP) is 6.16. The smallest absolute Gasteiger partial charge is 0.143 e. The summed E-state index contributed by atoms with van der Waals surface area (Å²) >= 11 is 0. The number of benzene rings is 2. The van der Waals surface area contributed by atoms with Crippen molar-refractivity contribution in [2.75, 3.05) is 20.4 Å². The van der Waals surface area contributed by atoms with Gasteiger partial charge in [-0.3, -0.25) is 0 Å². The Hall–Kier alpha value is -1.73. The highest BCUT2D eigenvalue weighted by molar-refractivity contribution is 7.78. The molecule has 2 aromatic carbocycles. The molecular formula is C24H35O3P. The average Bonchev–Trinajstić information content (AvgIpc) is 2.75. The normalized spacial score (nSPS) is 11.4. The molecule has 0 fully saturated rings. The zero-order valence-corrected chi connectivity index (χ0v) is 18.5. The Morgan fingerprint density at radius 3 is 1.43 bits per heavy atom. The molecule has 0 saturated heterocycles. The lowest BCUT2D eigenvalue weighted by Gasteiger charge is -2.20. The van der Waals surface area contributed by atoms with Crippen molar-refractivity contribution in [3.05, 3.63) is 48.5 Å². The largest absolute Gasteiger partial charge is 0.497 e. The maximum atomic E-state index is 14.1. The summed E-state index contributed by atoms with van der Waals surface area (Å²) < 4.78 is 24.6. The maximum Gasteiger partial charge on any atom is 0.143 e.